The third kappa shape index (κ3) is 1.66. The number of rotatable bonds is 1. The molecule has 0 N–H and O–H groups in total. The first-order valence-electron chi connectivity index (χ1n) is 8.20. The zero-order chi connectivity index (χ0) is 15.6. The van der Waals surface area contributed by atoms with Crippen molar-refractivity contribution in [3.05, 3.63) is 65.9 Å². The summed E-state index contributed by atoms with van der Waals surface area (Å²) in [6.07, 6.45) is 2.14. The topological polar surface area (TPSA) is 17.0 Å². The minimum absolute atomic E-state index is 0.453. The Kier molecular flexibility index (Phi) is 2.49. The summed E-state index contributed by atoms with van der Waals surface area (Å²) in [5.41, 5.74) is 7.20. The van der Waals surface area contributed by atoms with Crippen LogP contribution in [-0.2, 0) is 6.54 Å². The summed E-state index contributed by atoms with van der Waals surface area (Å²) in [7, 11) is 0. The van der Waals surface area contributed by atoms with Gasteiger partial charge in [0.2, 0.25) is 5.69 Å². The van der Waals surface area contributed by atoms with E-state index in [1.807, 2.05) is 0 Å². The summed E-state index contributed by atoms with van der Waals surface area (Å²) < 4.78 is 8.72. The van der Waals surface area contributed by atoms with Crippen molar-refractivity contribution in [3.63, 3.8) is 0 Å². The first-order chi connectivity index (χ1) is 11.2. The molecule has 0 spiro atoms. The number of benzene rings is 2. The number of hydrogen-bond donors (Lipinski definition) is 0. The molecule has 4 aromatic rings. The van der Waals surface area contributed by atoms with E-state index in [2.05, 4.69) is 73.1 Å². The number of hydrogen-bond acceptors (Lipinski definition) is 1. The first kappa shape index (κ1) is 12.9. The molecular formula is C21H18NO+. The third-order valence-corrected chi connectivity index (χ3v) is 4.94. The van der Waals surface area contributed by atoms with Crippen molar-refractivity contribution in [2.45, 2.75) is 26.3 Å². The van der Waals surface area contributed by atoms with E-state index in [0.717, 1.165) is 17.7 Å². The van der Waals surface area contributed by atoms with Gasteiger partial charge in [0, 0.05) is 28.5 Å². The average molecular weight is 300 g/mol. The lowest BCUT2D eigenvalue weighted by molar-refractivity contribution is -0.672. The van der Waals surface area contributed by atoms with Crippen molar-refractivity contribution >= 4 is 21.9 Å². The maximum absolute atomic E-state index is 6.43. The van der Waals surface area contributed by atoms with Gasteiger partial charge in [0.05, 0.1) is 5.56 Å². The number of furan rings is 1. The van der Waals surface area contributed by atoms with Crippen molar-refractivity contribution in [1.29, 1.82) is 0 Å². The predicted molar refractivity (Wildman–Crippen MR) is 92.5 cm³/mol. The highest BCUT2D eigenvalue weighted by molar-refractivity contribution is 6.10. The van der Waals surface area contributed by atoms with E-state index < -0.39 is 0 Å². The van der Waals surface area contributed by atoms with Crippen molar-refractivity contribution in [2.24, 2.45) is 0 Å². The highest BCUT2D eigenvalue weighted by atomic mass is 16.3. The predicted octanol–water partition coefficient (Wildman–Crippen LogP) is 5.03. The third-order valence-electron chi connectivity index (χ3n) is 4.94. The molecule has 0 fully saturated rings. The number of nitrogens with zero attached hydrogens (tertiary/aromatic N) is 1. The molecule has 0 saturated heterocycles. The Morgan fingerprint density at radius 3 is 2.65 bits per heavy atom. The van der Waals surface area contributed by atoms with Gasteiger partial charge < -0.3 is 4.42 Å². The fourth-order valence-electron chi connectivity index (χ4n) is 3.82. The number of pyridine rings is 1. The van der Waals surface area contributed by atoms with Crippen LogP contribution in [0.2, 0.25) is 0 Å². The molecule has 2 heteroatoms. The molecule has 2 nitrogen and oxygen atoms in total. The summed E-state index contributed by atoms with van der Waals surface area (Å²) in [6, 6.07) is 17.3. The molecule has 2 aromatic heterocycles. The van der Waals surface area contributed by atoms with Crippen molar-refractivity contribution in [2.75, 3.05) is 0 Å². The number of aromatic nitrogens is 1. The van der Waals surface area contributed by atoms with Gasteiger partial charge in [-0.1, -0.05) is 38.1 Å². The molecule has 0 radical (unpaired) electrons. The molecule has 0 aliphatic carbocycles. The van der Waals surface area contributed by atoms with Gasteiger partial charge in [-0.05, 0) is 23.6 Å². The summed E-state index contributed by atoms with van der Waals surface area (Å²) in [5.74, 6) is 0.453. The molecule has 0 bridgehead atoms. The minimum atomic E-state index is 0.453. The van der Waals surface area contributed by atoms with E-state index in [1.165, 1.54) is 33.2 Å². The Morgan fingerprint density at radius 2 is 1.78 bits per heavy atom. The van der Waals surface area contributed by atoms with Gasteiger partial charge in [-0.2, -0.15) is 4.57 Å². The molecule has 0 amide bonds. The Balaban J connectivity index is 1.94. The molecule has 2 aromatic carbocycles. The van der Waals surface area contributed by atoms with E-state index in [9.17, 15) is 0 Å². The van der Waals surface area contributed by atoms with Crippen LogP contribution in [0.1, 0.15) is 30.9 Å². The van der Waals surface area contributed by atoms with Crippen molar-refractivity contribution in [3.8, 4) is 11.3 Å². The number of para-hydroxylation sites is 1. The lowest BCUT2D eigenvalue weighted by Crippen LogP contribution is -2.31. The standard InChI is InChI=1S/C21H18NO/c1-13(2)15-6-5-7-16-17-10-9-14-12-22-11-4-3-8-18(22)19(14)21(17)23-20(15)16/h3-11,13H,12H2,1-2H3/q+1. The van der Waals surface area contributed by atoms with Gasteiger partial charge in [0.25, 0.3) is 0 Å². The van der Waals surface area contributed by atoms with Gasteiger partial charge in [-0.25, -0.2) is 0 Å². The minimum Gasteiger partial charge on any atom is -0.455 e. The van der Waals surface area contributed by atoms with Gasteiger partial charge >= 0.3 is 0 Å². The molecule has 0 unspecified atom stereocenters. The van der Waals surface area contributed by atoms with Crippen LogP contribution in [0.25, 0.3) is 33.2 Å². The molecule has 23 heavy (non-hydrogen) atoms. The van der Waals surface area contributed by atoms with Gasteiger partial charge in [0.15, 0.2) is 12.7 Å². The highest BCUT2D eigenvalue weighted by Gasteiger charge is 2.30. The van der Waals surface area contributed by atoms with Gasteiger partial charge in [0.1, 0.15) is 11.2 Å². The van der Waals surface area contributed by atoms with E-state index in [0.29, 0.717) is 5.92 Å². The zero-order valence-corrected chi connectivity index (χ0v) is 13.3. The first-order valence-corrected chi connectivity index (χ1v) is 8.20. The monoisotopic (exact) mass is 300 g/mol. The summed E-state index contributed by atoms with van der Waals surface area (Å²) in [4.78, 5) is 0. The highest BCUT2D eigenvalue weighted by Crippen LogP contribution is 2.40. The van der Waals surface area contributed by atoms with Crippen LogP contribution < -0.4 is 4.57 Å². The van der Waals surface area contributed by atoms with Crippen LogP contribution in [0.5, 0.6) is 0 Å². The van der Waals surface area contributed by atoms with Crippen molar-refractivity contribution < 1.29 is 8.98 Å². The average Bonchev–Trinajstić information content (AvgIpc) is 3.11. The van der Waals surface area contributed by atoms with E-state index in [4.69, 9.17) is 4.42 Å². The Labute approximate surface area is 135 Å². The second-order valence-corrected chi connectivity index (χ2v) is 6.67. The zero-order valence-electron chi connectivity index (χ0n) is 13.3. The van der Waals surface area contributed by atoms with E-state index in [-0.39, 0.29) is 0 Å². The molecule has 1 aliphatic heterocycles. The molecule has 0 atom stereocenters. The quantitative estimate of drug-likeness (QED) is 0.397. The maximum Gasteiger partial charge on any atom is 0.217 e. The van der Waals surface area contributed by atoms with Crippen LogP contribution in [-0.4, -0.2) is 0 Å². The summed E-state index contributed by atoms with van der Waals surface area (Å²) >= 11 is 0. The fourth-order valence-corrected chi connectivity index (χ4v) is 3.82. The van der Waals surface area contributed by atoms with Crippen LogP contribution in [0.4, 0.5) is 0 Å². The molecule has 112 valence electrons. The molecule has 5 rings (SSSR count). The molecule has 1 aliphatic rings. The van der Waals surface area contributed by atoms with Gasteiger partial charge in [-0.15, -0.1) is 0 Å². The Bertz CT molecular complexity index is 1070. The molecular weight excluding hydrogens is 282 g/mol. The number of fused-ring (bicyclic) bond motifs is 7. The Hall–Kier alpha value is -2.61. The molecule has 3 heterocycles. The lowest BCUT2D eigenvalue weighted by atomic mass is 9.99. The SMILES string of the molecule is CC(C)c1cccc2c1oc1c3c(ccc12)C[n+]1ccccc1-3. The van der Waals surface area contributed by atoms with Crippen LogP contribution in [0.3, 0.4) is 0 Å². The lowest BCUT2D eigenvalue weighted by Gasteiger charge is -2.04. The maximum atomic E-state index is 6.43. The van der Waals surface area contributed by atoms with Gasteiger partial charge in [-0.3, -0.25) is 0 Å². The Morgan fingerprint density at radius 1 is 0.913 bits per heavy atom. The second-order valence-electron chi connectivity index (χ2n) is 6.67. The largest absolute Gasteiger partial charge is 0.455 e. The molecule has 0 saturated carbocycles. The van der Waals surface area contributed by atoms with Crippen LogP contribution >= 0.6 is 0 Å². The second kappa shape index (κ2) is 4.45. The van der Waals surface area contributed by atoms with Crippen LogP contribution in [0, 0.1) is 0 Å². The fraction of sp³-hybridized carbons (Fsp3) is 0.190. The van der Waals surface area contributed by atoms with E-state index >= 15 is 0 Å². The summed E-state index contributed by atoms with van der Waals surface area (Å²) in [5, 5.41) is 2.45. The van der Waals surface area contributed by atoms with Crippen LogP contribution in [0.15, 0.2) is 59.1 Å². The smallest absolute Gasteiger partial charge is 0.217 e. The summed E-state index contributed by atoms with van der Waals surface area (Å²) in [6.45, 7) is 5.37. The van der Waals surface area contributed by atoms with E-state index in [1.54, 1.807) is 0 Å². The normalized spacial score (nSPS) is 13.0. The van der Waals surface area contributed by atoms with Crippen molar-refractivity contribution in [1.82, 2.24) is 0 Å².